The summed E-state index contributed by atoms with van der Waals surface area (Å²) in [5.74, 6) is -1.93. The number of carbonyl (C=O) groups is 6. The van der Waals surface area contributed by atoms with Crippen LogP contribution < -0.4 is 42.6 Å². The number of carbonyl (C=O) groups excluding carboxylic acids is 6. The summed E-state index contributed by atoms with van der Waals surface area (Å²) in [6, 6.07) is 41.2. The maximum absolute atomic E-state index is 13.9. The number of esters is 6. The third-order valence-electron chi connectivity index (χ3n) is 16.9. The molecule has 0 saturated heterocycles. The van der Waals surface area contributed by atoms with Crippen LogP contribution in [0, 0.1) is 0 Å². The molecule has 0 heterocycles. The fraction of sp³-hybridized carbons (Fsp3) is 0.429. The van der Waals surface area contributed by atoms with Crippen molar-refractivity contribution in [3.8, 4) is 51.7 Å². The second kappa shape index (κ2) is 45.4. The van der Waals surface area contributed by atoms with Gasteiger partial charge < -0.3 is 42.6 Å². The molecule has 7 aromatic carbocycles. The molecule has 99 heavy (non-hydrogen) atoms. The van der Waals surface area contributed by atoms with Gasteiger partial charge in [-0.25, -0.2) is 28.8 Å². The van der Waals surface area contributed by atoms with E-state index in [4.69, 9.17) is 42.6 Å². The van der Waals surface area contributed by atoms with Crippen LogP contribution in [-0.4, -0.2) is 55.6 Å². The van der Waals surface area contributed by atoms with Crippen molar-refractivity contribution in [3.63, 3.8) is 0 Å². The summed E-state index contributed by atoms with van der Waals surface area (Å²) in [6.07, 6.45) is 37.1. The molecule has 0 spiro atoms. The molecule has 528 valence electrons. The Morgan fingerprint density at radius 2 is 0.343 bits per heavy atom. The summed E-state index contributed by atoms with van der Waals surface area (Å²) < 4.78 is 51.7. The molecule has 0 aliphatic carbocycles. The summed E-state index contributed by atoms with van der Waals surface area (Å²) in [4.78, 5) is 81.2. The SMILES string of the molecule is CCCCCCCCCCCCOc1ccc(C(=O)Oc2ccc(OC(=O)c3cc(C(=O)Oc4ccc(OC(=O)c5ccc(OCCCCCCCCCCCC)cc5)cc4)cc(C(=O)Oc4ccc(OC(=O)c5ccc(OCCCCCCCCCCCC)cc5)cc4)c3)cc2)cc1. The maximum Gasteiger partial charge on any atom is 0.343 e. The molecular formula is C84H102O15. The van der Waals surface area contributed by atoms with Crippen LogP contribution in [0.4, 0.5) is 0 Å². The number of unbranched alkanes of at least 4 members (excludes halogenated alkanes) is 27. The van der Waals surface area contributed by atoms with Gasteiger partial charge in [0.15, 0.2) is 0 Å². The minimum atomic E-state index is -0.950. The predicted molar refractivity (Wildman–Crippen MR) is 387 cm³/mol. The van der Waals surface area contributed by atoms with Gasteiger partial charge in [-0.15, -0.1) is 0 Å². The van der Waals surface area contributed by atoms with Crippen LogP contribution >= 0.6 is 0 Å². The van der Waals surface area contributed by atoms with Gasteiger partial charge >= 0.3 is 35.8 Å². The fourth-order valence-corrected chi connectivity index (χ4v) is 11.1. The third-order valence-corrected chi connectivity index (χ3v) is 16.9. The van der Waals surface area contributed by atoms with E-state index in [1.54, 1.807) is 72.8 Å². The van der Waals surface area contributed by atoms with E-state index in [1.807, 2.05) is 0 Å². The molecular weight excluding hydrogens is 1250 g/mol. The van der Waals surface area contributed by atoms with Crippen LogP contribution in [-0.2, 0) is 0 Å². The van der Waals surface area contributed by atoms with Crippen molar-refractivity contribution in [2.24, 2.45) is 0 Å². The van der Waals surface area contributed by atoms with Crippen LogP contribution in [0.2, 0.25) is 0 Å². The summed E-state index contributed by atoms with van der Waals surface area (Å²) in [5.41, 5.74) is 0.307. The molecule has 15 nitrogen and oxygen atoms in total. The Balaban J connectivity index is 0.925. The number of hydrogen-bond donors (Lipinski definition) is 0. The van der Waals surface area contributed by atoms with Crippen LogP contribution in [0.1, 0.15) is 276 Å². The largest absolute Gasteiger partial charge is 0.494 e. The summed E-state index contributed by atoms with van der Waals surface area (Å²) >= 11 is 0. The average molecular weight is 1350 g/mol. The van der Waals surface area contributed by atoms with E-state index in [0.717, 1.165) is 38.5 Å². The van der Waals surface area contributed by atoms with Crippen LogP contribution in [0.15, 0.2) is 164 Å². The zero-order valence-electron chi connectivity index (χ0n) is 58.5. The molecule has 0 unspecified atom stereocenters. The third kappa shape index (κ3) is 29.8. The zero-order chi connectivity index (χ0) is 69.9. The number of benzene rings is 7. The number of ether oxygens (including phenoxy) is 9. The minimum Gasteiger partial charge on any atom is -0.494 e. The van der Waals surface area contributed by atoms with E-state index in [-0.39, 0.29) is 51.2 Å². The van der Waals surface area contributed by atoms with E-state index >= 15 is 0 Å². The van der Waals surface area contributed by atoms with Gasteiger partial charge in [-0.2, -0.15) is 0 Å². The topological polar surface area (TPSA) is 185 Å². The maximum atomic E-state index is 13.9. The number of rotatable bonds is 48. The van der Waals surface area contributed by atoms with Gasteiger partial charge in [-0.05, 0) is 183 Å². The summed E-state index contributed by atoms with van der Waals surface area (Å²) in [5, 5.41) is 0. The first-order valence-corrected chi connectivity index (χ1v) is 36.4. The van der Waals surface area contributed by atoms with Crippen LogP contribution in [0.25, 0.3) is 0 Å². The molecule has 0 bridgehead atoms. The summed E-state index contributed by atoms with van der Waals surface area (Å²) in [6.45, 7) is 8.50. The Labute approximate surface area is 586 Å². The standard InChI is InChI=1S/C84H102O15/c1-4-7-10-13-16-19-22-25-28-31-58-91-70-40-34-64(35-41-70)79(85)94-73-46-52-76(53-47-73)97-82(88)67-61-68(83(89)98-77-54-48-74(49-55-77)95-80(86)65-36-42-71(43-37-65)92-59-32-29-26-23-20-17-14-11-8-5-2)63-69(62-67)84(90)99-78-56-50-75(51-57-78)96-81(87)66-38-44-72(45-39-66)93-60-33-30-27-24-21-18-15-12-9-6-3/h34-57,61-63H,4-33,58-60H2,1-3H3. The molecule has 0 radical (unpaired) electrons. The number of hydrogen-bond acceptors (Lipinski definition) is 15. The Morgan fingerprint density at radius 3 is 0.525 bits per heavy atom. The zero-order valence-corrected chi connectivity index (χ0v) is 58.5. The second-order valence-corrected chi connectivity index (χ2v) is 25.2. The lowest BCUT2D eigenvalue weighted by atomic mass is 10.1. The second-order valence-electron chi connectivity index (χ2n) is 25.2. The van der Waals surface area contributed by atoms with Crippen molar-refractivity contribution in [1.82, 2.24) is 0 Å². The lowest BCUT2D eigenvalue weighted by molar-refractivity contribution is 0.0708. The Hall–Kier alpha value is -9.24. The lowest BCUT2D eigenvalue weighted by Gasteiger charge is -2.11. The van der Waals surface area contributed by atoms with E-state index in [0.29, 0.717) is 53.8 Å². The monoisotopic (exact) mass is 1350 g/mol. The minimum absolute atomic E-state index is 0.0593. The predicted octanol–water partition coefficient (Wildman–Crippen LogP) is 21.9. The van der Waals surface area contributed by atoms with E-state index in [1.165, 1.54) is 245 Å². The molecule has 0 aliphatic rings. The Morgan fingerprint density at radius 1 is 0.192 bits per heavy atom. The summed E-state index contributed by atoms with van der Waals surface area (Å²) in [7, 11) is 0. The molecule has 0 fully saturated rings. The van der Waals surface area contributed by atoms with Crippen molar-refractivity contribution in [2.45, 2.75) is 213 Å². The van der Waals surface area contributed by atoms with E-state index in [9.17, 15) is 28.8 Å². The normalized spacial score (nSPS) is 10.9. The van der Waals surface area contributed by atoms with E-state index < -0.39 is 35.8 Å². The first kappa shape index (κ1) is 77.1. The van der Waals surface area contributed by atoms with Crippen LogP contribution in [0.3, 0.4) is 0 Å². The van der Waals surface area contributed by atoms with Gasteiger partial charge in [0.25, 0.3) is 0 Å². The molecule has 0 atom stereocenters. The molecule has 7 aromatic rings. The lowest BCUT2D eigenvalue weighted by Crippen LogP contribution is -2.17. The Bertz CT molecular complexity index is 3110. The Kier molecular flexibility index (Phi) is 35.3. The molecule has 0 aromatic heterocycles. The highest BCUT2D eigenvalue weighted by molar-refractivity contribution is 6.02. The van der Waals surface area contributed by atoms with Crippen LogP contribution in [0.5, 0.6) is 51.7 Å². The first-order valence-electron chi connectivity index (χ1n) is 36.4. The van der Waals surface area contributed by atoms with Gasteiger partial charge in [0, 0.05) is 0 Å². The highest BCUT2D eigenvalue weighted by Crippen LogP contribution is 2.27. The van der Waals surface area contributed by atoms with E-state index in [2.05, 4.69) is 20.8 Å². The molecule has 0 aliphatic heterocycles. The molecule has 0 N–H and O–H groups in total. The van der Waals surface area contributed by atoms with Gasteiger partial charge in [-0.3, -0.25) is 0 Å². The first-order chi connectivity index (χ1) is 48.5. The van der Waals surface area contributed by atoms with Crippen molar-refractivity contribution < 1.29 is 71.4 Å². The van der Waals surface area contributed by atoms with Gasteiger partial charge in [0.05, 0.1) is 53.2 Å². The average Bonchev–Trinajstić information content (AvgIpc) is 0.886. The molecule has 15 heteroatoms. The van der Waals surface area contributed by atoms with Gasteiger partial charge in [-0.1, -0.05) is 194 Å². The smallest absolute Gasteiger partial charge is 0.343 e. The highest BCUT2D eigenvalue weighted by Gasteiger charge is 2.22. The van der Waals surface area contributed by atoms with Crippen molar-refractivity contribution in [1.29, 1.82) is 0 Å². The van der Waals surface area contributed by atoms with Gasteiger partial charge in [0.1, 0.15) is 51.7 Å². The quantitative estimate of drug-likeness (QED) is 0.0199. The highest BCUT2D eigenvalue weighted by atomic mass is 16.6. The molecule has 7 rings (SSSR count). The fourth-order valence-electron chi connectivity index (χ4n) is 11.1. The molecule has 0 saturated carbocycles. The van der Waals surface area contributed by atoms with Crippen molar-refractivity contribution in [2.75, 3.05) is 19.8 Å². The molecule has 0 amide bonds. The van der Waals surface area contributed by atoms with Gasteiger partial charge in [0.2, 0.25) is 0 Å². The van der Waals surface area contributed by atoms with Crippen molar-refractivity contribution in [3.05, 3.63) is 197 Å². The van der Waals surface area contributed by atoms with Crippen molar-refractivity contribution >= 4 is 35.8 Å².